The molecule has 0 fully saturated rings. The summed E-state index contributed by atoms with van der Waals surface area (Å²) in [4.78, 5) is 2.27. The third-order valence-corrected chi connectivity index (χ3v) is 10.2. The Morgan fingerprint density at radius 3 is 1.77 bits per heavy atom. The molecule has 0 N–H and O–H groups in total. The number of benzene rings is 8. The largest absolute Gasteiger partial charge is 0.310 e. The number of nitriles is 1. The topological polar surface area (TPSA) is 27.0 Å². The van der Waals surface area contributed by atoms with Gasteiger partial charge in [-0.2, -0.15) is 5.26 Å². The highest BCUT2D eigenvalue weighted by Crippen LogP contribution is 2.50. The Hall–Kier alpha value is -6.17. The van der Waals surface area contributed by atoms with E-state index in [1.807, 2.05) is 24.3 Å². The van der Waals surface area contributed by atoms with Crippen molar-refractivity contribution in [2.75, 3.05) is 4.90 Å². The van der Waals surface area contributed by atoms with Crippen LogP contribution in [0.4, 0.5) is 17.1 Å². The molecule has 8 aromatic carbocycles. The second-order valence-corrected chi connectivity index (χ2v) is 13.3. The summed E-state index contributed by atoms with van der Waals surface area (Å²) < 4.78 is 0. The van der Waals surface area contributed by atoms with Crippen LogP contribution < -0.4 is 4.90 Å². The van der Waals surface area contributed by atoms with Crippen molar-refractivity contribution in [3.8, 4) is 28.3 Å². The number of rotatable bonds is 5. The van der Waals surface area contributed by atoms with E-state index in [1.54, 1.807) is 0 Å². The first kappa shape index (κ1) is 28.1. The number of hydrogen-bond acceptors (Lipinski definition) is 2. The zero-order valence-corrected chi connectivity index (χ0v) is 26.9. The van der Waals surface area contributed by atoms with E-state index >= 15 is 0 Å². The van der Waals surface area contributed by atoms with Gasteiger partial charge in [-0.1, -0.05) is 117 Å². The Balaban J connectivity index is 1.07. The van der Waals surface area contributed by atoms with E-state index in [9.17, 15) is 5.26 Å². The molecule has 0 atom stereocenters. The van der Waals surface area contributed by atoms with Crippen molar-refractivity contribution in [3.63, 3.8) is 0 Å². The maximum atomic E-state index is 9.41. The Bertz CT molecular complexity index is 2560. The van der Waals surface area contributed by atoms with Crippen molar-refractivity contribution in [1.29, 1.82) is 5.26 Å². The first-order chi connectivity index (χ1) is 23.5. The predicted molar refractivity (Wildman–Crippen MR) is 201 cm³/mol. The smallest absolute Gasteiger partial charge is 0.0991 e. The maximum Gasteiger partial charge on any atom is 0.0991 e. The van der Waals surface area contributed by atoms with Gasteiger partial charge in [-0.05, 0) is 115 Å². The molecule has 0 saturated carbocycles. The third kappa shape index (κ3) is 4.33. The summed E-state index contributed by atoms with van der Waals surface area (Å²) in [5, 5.41) is 17.2. The Morgan fingerprint density at radius 1 is 0.479 bits per heavy atom. The summed E-state index contributed by atoms with van der Waals surface area (Å²) in [6.07, 6.45) is 0. The highest BCUT2D eigenvalue weighted by Gasteiger charge is 2.34. The van der Waals surface area contributed by atoms with Crippen LogP contribution in [0, 0.1) is 11.3 Å². The molecule has 0 radical (unpaired) electrons. The number of anilines is 3. The lowest BCUT2D eigenvalue weighted by Gasteiger charge is -2.27. The van der Waals surface area contributed by atoms with Crippen molar-refractivity contribution in [2.45, 2.75) is 19.3 Å². The molecule has 0 aliphatic heterocycles. The van der Waals surface area contributed by atoms with Gasteiger partial charge in [0, 0.05) is 22.2 Å². The predicted octanol–water partition coefficient (Wildman–Crippen LogP) is 12.5. The van der Waals surface area contributed by atoms with Crippen LogP contribution in [0.15, 0.2) is 158 Å². The average molecular weight is 613 g/mol. The minimum atomic E-state index is -0.0309. The molecular formula is C46H32N2. The van der Waals surface area contributed by atoms with E-state index in [4.69, 9.17) is 0 Å². The van der Waals surface area contributed by atoms with Crippen molar-refractivity contribution in [3.05, 3.63) is 174 Å². The number of nitrogens with zero attached hydrogens (tertiary/aromatic N) is 2. The first-order valence-corrected chi connectivity index (χ1v) is 16.5. The zero-order chi connectivity index (χ0) is 32.4. The molecular weight excluding hydrogens is 581 g/mol. The van der Waals surface area contributed by atoms with Crippen molar-refractivity contribution < 1.29 is 0 Å². The van der Waals surface area contributed by atoms with Gasteiger partial charge in [0.2, 0.25) is 0 Å². The molecule has 0 bridgehead atoms. The van der Waals surface area contributed by atoms with Crippen molar-refractivity contribution >= 4 is 49.4 Å². The van der Waals surface area contributed by atoms with E-state index < -0.39 is 0 Å². The molecule has 0 amide bonds. The molecule has 1 aliphatic carbocycles. The third-order valence-electron chi connectivity index (χ3n) is 10.2. The van der Waals surface area contributed by atoms with Gasteiger partial charge < -0.3 is 4.90 Å². The molecule has 0 spiro atoms. The molecule has 8 aromatic rings. The van der Waals surface area contributed by atoms with Gasteiger partial charge in [0.05, 0.1) is 17.3 Å². The summed E-state index contributed by atoms with van der Waals surface area (Å²) in [6.45, 7) is 4.71. The Morgan fingerprint density at radius 2 is 1.04 bits per heavy atom. The molecule has 48 heavy (non-hydrogen) atoms. The van der Waals surface area contributed by atoms with E-state index in [-0.39, 0.29) is 5.41 Å². The quantitative estimate of drug-likeness (QED) is 0.181. The molecule has 2 heteroatoms. The van der Waals surface area contributed by atoms with E-state index in [0.717, 1.165) is 17.1 Å². The van der Waals surface area contributed by atoms with Crippen LogP contribution in [0.25, 0.3) is 54.6 Å². The van der Waals surface area contributed by atoms with Crippen molar-refractivity contribution in [2.24, 2.45) is 0 Å². The van der Waals surface area contributed by atoms with Gasteiger partial charge in [0.15, 0.2) is 0 Å². The molecule has 0 saturated heterocycles. The summed E-state index contributed by atoms with van der Waals surface area (Å²) in [7, 11) is 0. The molecule has 0 aromatic heterocycles. The fourth-order valence-corrected chi connectivity index (χ4v) is 7.74. The van der Waals surface area contributed by atoms with E-state index in [0.29, 0.717) is 5.56 Å². The minimum absolute atomic E-state index is 0.0309. The summed E-state index contributed by atoms with van der Waals surface area (Å²) >= 11 is 0. The molecule has 0 heterocycles. The van der Waals surface area contributed by atoms with E-state index in [2.05, 4.69) is 158 Å². The standard InChI is InChI=1S/C46H32N2/c1-46(2)41-11-5-9-35-19-20-36-27-37(28-42(46)45(36)44(35)41)33-17-15-31(16-18-33)32-21-25-39(26-22-32)48(38-23-13-30(29-47)14-24-38)43-12-6-8-34-7-3-4-10-40(34)43/h3-28H,1-2H3. The lowest BCUT2D eigenvalue weighted by Crippen LogP contribution is -2.15. The highest BCUT2D eigenvalue weighted by atomic mass is 15.1. The normalized spacial score (nSPS) is 12.9. The maximum absolute atomic E-state index is 9.41. The van der Waals surface area contributed by atoms with Gasteiger partial charge in [-0.3, -0.25) is 0 Å². The van der Waals surface area contributed by atoms with Gasteiger partial charge >= 0.3 is 0 Å². The summed E-state index contributed by atoms with van der Waals surface area (Å²) in [5.74, 6) is 0. The monoisotopic (exact) mass is 612 g/mol. The van der Waals surface area contributed by atoms with Crippen LogP contribution in [0.1, 0.15) is 30.5 Å². The number of fused-ring (bicyclic) bond motifs is 1. The van der Waals surface area contributed by atoms with Crippen LogP contribution in [-0.2, 0) is 5.41 Å². The van der Waals surface area contributed by atoms with Crippen LogP contribution in [-0.4, -0.2) is 0 Å². The highest BCUT2D eigenvalue weighted by molar-refractivity contribution is 6.15. The first-order valence-electron chi connectivity index (χ1n) is 16.5. The lowest BCUT2D eigenvalue weighted by molar-refractivity contribution is 0.663. The second kappa shape index (κ2) is 10.7. The van der Waals surface area contributed by atoms with Crippen LogP contribution in [0.5, 0.6) is 0 Å². The van der Waals surface area contributed by atoms with Crippen LogP contribution in [0.2, 0.25) is 0 Å². The molecule has 9 rings (SSSR count). The fraction of sp³-hybridized carbons (Fsp3) is 0.0652. The Labute approximate surface area is 280 Å². The molecule has 1 aliphatic rings. The van der Waals surface area contributed by atoms with Crippen LogP contribution in [0.3, 0.4) is 0 Å². The molecule has 0 unspecified atom stereocenters. The molecule has 226 valence electrons. The summed E-state index contributed by atoms with van der Waals surface area (Å²) in [5.41, 5.74) is 11.5. The van der Waals surface area contributed by atoms with Crippen LogP contribution >= 0.6 is 0 Å². The van der Waals surface area contributed by atoms with Gasteiger partial charge in [-0.25, -0.2) is 0 Å². The average Bonchev–Trinajstić information content (AvgIpc) is 3.38. The van der Waals surface area contributed by atoms with Gasteiger partial charge in [-0.15, -0.1) is 0 Å². The second-order valence-electron chi connectivity index (χ2n) is 13.3. The number of hydrogen-bond donors (Lipinski definition) is 0. The van der Waals surface area contributed by atoms with E-state index in [1.165, 1.54) is 65.7 Å². The fourth-order valence-electron chi connectivity index (χ4n) is 7.74. The van der Waals surface area contributed by atoms with Gasteiger partial charge in [0.1, 0.15) is 0 Å². The SMILES string of the molecule is CC1(C)c2cccc3ccc4cc(-c5ccc(-c6ccc(N(c7ccc(C#N)cc7)c7cccc8ccccc78)cc6)cc5)cc1c4c23. The summed E-state index contributed by atoms with van der Waals surface area (Å²) in [6, 6.07) is 58.7. The van der Waals surface area contributed by atoms with Crippen molar-refractivity contribution in [1.82, 2.24) is 0 Å². The van der Waals surface area contributed by atoms with Gasteiger partial charge in [0.25, 0.3) is 0 Å². The minimum Gasteiger partial charge on any atom is -0.310 e. The zero-order valence-electron chi connectivity index (χ0n) is 26.9. The molecule has 2 nitrogen and oxygen atoms in total. The Kier molecular flexibility index (Phi) is 6.26. The lowest BCUT2D eigenvalue weighted by atomic mass is 9.81.